The van der Waals surface area contributed by atoms with Gasteiger partial charge in [-0.05, 0) is 61.7 Å². The Labute approximate surface area is 202 Å². The molecule has 5 heteroatoms. The van der Waals surface area contributed by atoms with Crippen LogP contribution in [0, 0.1) is 5.82 Å². The normalized spacial score (nSPS) is 20.1. The standard InChI is InChI=1S/C29H33FN2O2/c1-20-18-32(21(2)17-31(20)19-23-7-5-9-27(30)15-23)29(26-8-6-10-28(16-26)34-4)25-13-11-24(12-14-25)22(3)33/h5-16,20-21,29H,17-19H2,1-4H3/t20-,21+,29-/m1/s1. The molecule has 0 saturated carbocycles. The maximum absolute atomic E-state index is 13.7. The van der Waals surface area contributed by atoms with Crippen molar-refractivity contribution in [2.24, 2.45) is 0 Å². The minimum absolute atomic E-state index is 0.0323. The summed E-state index contributed by atoms with van der Waals surface area (Å²) in [4.78, 5) is 16.8. The number of halogens is 1. The average molecular weight is 461 g/mol. The molecular formula is C29H33FN2O2. The van der Waals surface area contributed by atoms with Crippen LogP contribution < -0.4 is 4.74 Å². The second-order valence-corrected chi connectivity index (χ2v) is 9.31. The Hall–Kier alpha value is -3.02. The molecule has 178 valence electrons. The molecule has 1 fully saturated rings. The summed E-state index contributed by atoms with van der Waals surface area (Å²) in [7, 11) is 1.69. The van der Waals surface area contributed by atoms with Gasteiger partial charge in [-0.2, -0.15) is 0 Å². The number of nitrogens with zero attached hydrogens (tertiary/aromatic N) is 2. The molecule has 0 aromatic heterocycles. The highest BCUT2D eigenvalue weighted by atomic mass is 19.1. The van der Waals surface area contributed by atoms with Crippen LogP contribution in [0.25, 0.3) is 0 Å². The molecule has 4 rings (SSSR count). The van der Waals surface area contributed by atoms with E-state index in [0.29, 0.717) is 6.04 Å². The van der Waals surface area contributed by atoms with Gasteiger partial charge in [-0.15, -0.1) is 0 Å². The molecule has 0 unspecified atom stereocenters. The van der Waals surface area contributed by atoms with Crippen LogP contribution in [0.5, 0.6) is 5.75 Å². The number of carbonyl (C=O) groups excluding carboxylic acids is 1. The van der Waals surface area contributed by atoms with E-state index in [9.17, 15) is 9.18 Å². The predicted octanol–water partition coefficient (Wildman–Crippen LogP) is 5.72. The largest absolute Gasteiger partial charge is 0.497 e. The number of hydrogen-bond acceptors (Lipinski definition) is 4. The van der Waals surface area contributed by atoms with Gasteiger partial charge in [0.15, 0.2) is 5.78 Å². The zero-order valence-corrected chi connectivity index (χ0v) is 20.4. The molecule has 4 nitrogen and oxygen atoms in total. The van der Waals surface area contributed by atoms with E-state index in [-0.39, 0.29) is 23.7 Å². The van der Waals surface area contributed by atoms with Crippen LogP contribution in [0.2, 0.25) is 0 Å². The second kappa shape index (κ2) is 10.5. The van der Waals surface area contributed by atoms with Crippen LogP contribution in [0.1, 0.15) is 53.9 Å². The predicted molar refractivity (Wildman–Crippen MR) is 134 cm³/mol. The lowest BCUT2D eigenvalue weighted by Crippen LogP contribution is -2.56. The van der Waals surface area contributed by atoms with Crippen LogP contribution in [0.4, 0.5) is 4.39 Å². The van der Waals surface area contributed by atoms with Crippen LogP contribution in [0.15, 0.2) is 72.8 Å². The summed E-state index contributed by atoms with van der Waals surface area (Å²) in [6, 6.07) is 23.7. The molecular weight excluding hydrogens is 427 g/mol. The van der Waals surface area contributed by atoms with E-state index in [2.05, 4.69) is 47.9 Å². The van der Waals surface area contributed by atoms with E-state index in [1.165, 1.54) is 6.07 Å². The van der Waals surface area contributed by atoms with E-state index >= 15 is 0 Å². The quantitative estimate of drug-likeness (QED) is 0.422. The van der Waals surface area contributed by atoms with Crippen molar-refractivity contribution in [3.63, 3.8) is 0 Å². The van der Waals surface area contributed by atoms with Gasteiger partial charge in [-0.3, -0.25) is 14.6 Å². The second-order valence-electron chi connectivity index (χ2n) is 9.31. The number of benzene rings is 3. The molecule has 1 aliphatic rings. The lowest BCUT2D eigenvalue weighted by molar-refractivity contribution is 0.0194. The van der Waals surface area contributed by atoms with E-state index in [1.54, 1.807) is 26.2 Å². The highest BCUT2D eigenvalue weighted by Crippen LogP contribution is 2.35. The van der Waals surface area contributed by atoms with Gasteiger partial charge < -0.3 is 4.74 Å². The van der Waals surface area contributed by atoms with Gasteiger partial charge in [0.25, 0.3) is 0 Å². The Morgan fingerprint density at radius 2 is 1.71 bits per heavy atom. The van der Waals surface area contributed by atoms with Gasteiger partial charge >= 0.3 is 0 Å². The summed E-state index contributed by atoms with van der Waals surface area (Å²) in [5.74, 6) is 0.703. The molecule has 3 aromatic rings. The van der Waals surface area contributed by atoms with Gasteiger partial charge in [-0.25, -0.2) is 4.39 Å². The first-order valence-electron chi connectivity index (χ1n) is 11.8. The van der Waals surface area contributed by atoms with E-state index in [1.807, 2.05) is 30.3 Å². The van der Waals surface area contributed by atoms with Crippen molar-refractivity contribution in [1.82, 2.24) is 9.80 Å². The Morgan fingerprint density at radius 1 is 0.971 bits per heavy atom. The zero-order valence-electron chi connectivity index (χ0n) is 20.4. The van der Waals surface area contributed by atoms with Crippen molar-refractivity contribution in [3.05, 3.63) is 101 Å². The summed E-state index contributed by atoms with van der Waals surface area (Å²) < 4.78 is 19.2. The zero-order chi connectivity index (χ0) is 24.2. The molecule has 1 heterocycles. The van der Waals surface area contributed by atoms with Gasteiger partial charge in [0.2, 0.25) is 0 Å². The van der Waals surface area contributed by atoms with Crippen molar-refractivity contribution >= 4 is 5.78 Å². The van der Waals surface area contributed by atoms with Crippen molar-refractivity contribution in [1.29, 1.82) is 0 Å². The minimum atomic E-state index is -0.191. The monoisotopic (exact) mass is 460 g/mol. The molecule has 3 atom stereocenters. The Morgan fingerprint density at radius 3 is 2.38 bits per heavy atom. The molecule has 0 radical (unpaired) electrons. The SMILES string of the molecule is COc1cccc([C@@H](c2ccc(C(C)=O)cc2)N2C[C@@H](C)N(Cc3cccc(F)c3)C[C@@H]2C)c1. The number of piperazine rings is 1. The number of hydrogen-bond donors (Lipinski definition) is 0. The Balaban J connectivity index is 1.63. The fourth-order valence-corrected chi connectivity index (χ4v) is 4.96. The highest BCUT2D eigenvalue weighted by molar-refractivity contribution is 5.94. The minimum Gasteiger partial charge on any atom is -0.497 e. The van der Waals surface area contributed by atoms with Gasteiger partial charge in [-0.1, -0.05) is 48.5 Å². The Bertz CT molecular complexity index is 1130. The highest BCUT2D eigenvalue weighted by Gasteiger charge is 2.35. The van der Waals surface area contributed by atoms with Gasteiger partial charge in [0.05, 0.1) is 13.2 Å². The number of rotatable bonds is 7. The summed E-state index contributed by atoms with van der Waals surface area (Å²) in [6.07, 6.45) is 0. The first-order chi connectivity index (χ1) is 16.4. The molecule has 1 saturated heterocycles. The molecule has 3 aromatic carbocycles. The Kier molecular flexibility index (Phi) is 7.44. The smallest absolute Gasteiger partial charge is 0.159 e. The van der Waals surface area contributed by atoms with Crippen LogP contribution >= 0.6 is 0 Å². The third-order valence-corrected chi connectivity index (χ3v) is 6.81. The third-order valence-electron chi connectivity index (χ3n) is 6.81. The van der Waals surface area contributed by atoms with E-state index in [4.69, 9.17) is 4.74 Å². The molecule has 0 amide bonds. The fraction of sp³-hybridized carbons (Fsp3) is 0.345. The molecule has 0 aliphatic carbocycles. The summed E-state index contributed by atoms with van der Waals surface area (Å²) in [5, 5.41) is 0. The number of Topliss-reactive ketones (excluding diaryl/α,β-unsaturated/α-hetero) is 1. The first kappa shape index (κ1) is 24.1. The van der Waals surface area contributed by atoms with Crippen molar-refractivity contribution in [2.75, 3.05) is 20.2 Å². The van der Waals surface area contributed by atoms with Gasteiger partial charge in [0, 0.05) is 37.3 Å². The van der Waals surface area contributed by atoms with E-state index in [0.717, 1.165) is 47.6 Å². The lowest BCUT2D eigenvalue weighted by Gasteiger charge is -2.47. The van der Waals surface area contributed by atoms with Crippen LogP contribution in [0.3, 0.4) is 0 Å². The number of carbonyl (C=O) groups is 1. The average Bonchev–Trinajstić information content (AvgIpc) is 2.83. The third kappa shape index (κ3) is 5.37. The molecule has 0 spiro atoms. The maximum atomic E-state index is 13.7. The number of ether oxygens (including phenoxy) is 1. The summed E-state index contributed by atoms with van der Waals surface area (Å²) >= 11 is 0. The van der Waals surface area contributed by atoms with Gasteiger partial charge in [0.1, 0.15) is 11.6 Å². The van der Waals surface area contributed by atoms with Crippen molar-refractivity contribution in [2.45, 2.75) is 45.4 Å². The van der Waals surface area contributed by atoms with Crippen molar-refractivity contribution < 1.29 is 13.9 Å². The first-order valence-corrected chi connectivity index (χ1v) is 11.8. The van der Waals surface area contributed by atoms with E-state index < -0.39 is 0 Å². The van der Waals surface area contributed by atoms with Crippen LogP contribution in [-0.2, 0) is 6.54 Å². The molecule has 0 bridgehead atoms. The van der Waals surface area contributed by atoms with Crippen molar-refractivity contribution in [3.8, 4) is 5.75 Å². The number of ketones is 1. The molecule has 1 aliphatic heterocycles. The topological polar surface area (TPSA) is 32.8 Å². The lowest BCUT2D eigenvalue weighted by atomic mass is 9.92. The van der Waals surface area contributed by atoms with Crippen LogP contribution in [-0.4, -0.2) is 47.9 Å². The fourth-order valence-electron chi connectivity index (χ4n) is 4.96. The summed E-state index contributed by atoms with van der Waals surface area (Å²) in [6.45, 7) is 8.56. The summed E-state index contributed by atoms with van der Waals surface area (Å²) in [5.41, 5.74) is 4.02. The molecule has 0 N–H and O–H groups in total. The number of methoxy groups -OCH3 is 1. The molecule has 34 heavy (non-hydrogen) atoms. The maximum Gasteiger partial charge on any atom is 0.159 e.